The normalized spacial score (nSPS) is 19.7. The van der Waals surface area contributed by atoms with Crippen LogP contribution in [0, 0.1) is 16.2 Å². The molecule has 1 rings (SSSR count). The molecule has 60 heavy (non-hydrogen) atoms. The van der Waals surface area contributed by atoms with Crippen molar-refractivity contribution in [3.63, 3.8) is 0 Å². The number of ether oxygens (including phenoxy) is 1. The van der Waals surface area contributed by atoms with Crippen LogP contribution in [-0.2, 0) is 19.1 Å². The van der Waals surface area contributed by atoms with Crippen molar-refractivity contribution in [1.29, 1.82) is 0 Å². The number of amides is 1. The van der Waals surface area contributed by atoms with Crippen LogP contribution in [0.2, 0.25) is 0 Å². The summed E-state index contributed by atoms with van der Waals surface area (Å²) in [5.74, 6) is 0.715. The van der Waals surface area contributed by atoms with Crippen LogP contribution >= 0.6 is 0 Å². The largest absolute Gasteiger partial charge is 0.445 e. The van der Waals surface area contributed by atoms with Gasteiger partial charge in [-0.2, -0.15) is 0 Å². The van der Waals surface area contributed by atoms with E-state index in [2.05, 4.69) is 90.0 Å². The summed E-state index contributed by atoms with van der Waals surface area (Å²) in [6, 6.07) is 0. The number of carbonyl (C=O) groups excluding carboxylic acids is 4. The number of allylic oxidation sites excluding steroid dienone is 2. The lowest BCUT2D eigenvalue weighted by molar-refractivity contribution is -0.140. The topological polar surface area (TPSA) is 108 Å². The van der Waals surface area contributed by atoms with E-state index >= 15 is 0 Å². The third-order valence-corrected chi connectivity index (χ3v) is 11.5. The molecule has 0 saturated carbocycles. The smallest absolute Gasteiger partial charge is 0.409 e. The molecule has 1 amide bonds. The first kappa shape index (κ1) is 55.7. The molecule has 0 radical (unpaired) electrons. The molecule has 2 N–H and O–H groups in total. The summed E-state index contributed by atoms with van der Waals surface area (Å²) < 4.78 is 5.56. The molecule has 1 aliphatic rings. The van der Waals surface area contributed by atoms with E-state index in [0.29, 0.717) is 44.4 Å². The second kappa shape index (κ2) is 21.3. The molecule has 0 spiro atoms. The summed E-state index contributed by atoms with van der Waals surface area (Å²) in [5.41, 5.74) is -3.93. The Kier molecular flexibility index (Phi) is 19.8. The molecule has 3 atom stereocenters. The Balaban J connectivity index is 2.95. The summed E-state index contributed by atoms with van der Waals surface area (Å²) in [6.45, 7) is 40.8. The highest BCUT2D eigenvalue weighted by Gasteiger charge is 2.53. The van der Waals surface area contributed by atoms with Gasteiger partial charge in [-0.25, -0.2) is 4.79 Å². The standard InChI is InChI=1S/C51H94N4O5/c1-43(2,3)39(56)49(19,52-46(10,11)12)31-29-36-54(20)42(59)60-38-28-24-23-26-33-50(53-47(13,14)15,40(57)44(4,5)6)32-25-21-22-27-34-51(41(58)45(7,8)9)35-30-37-55(51)48(16,17)18/h22,24,27-28,52-53H,21,23,25-26,29-38H2,1-20H3/b27-22+,28-24+/t49-,50?,51-/m0/s1. The maximum Gasteiger partial charge on any atom is 0.409 e. The predicted molar refractivity (Wildman–Crippen MR) is 253 cm³/mol. The first-order valence-corrected chi connectivity index (χ1v) is 23.1. The van der Waals surface area contributed by atoms with Crippen LogP contribution in [0.4, 0.5) is 4.79 Å². The highest BCUT2D eigenvalue weighted by Crippen LogP contribution is 2.43. The minimum Gasteiger partial charge on any atom is -0.445 e. The number of Topliss-reactive ketones (excluding diaryl/α,β-unsaturated/α-hetero) is 3. The molecule has 348 valence electrons. The van der Waals surface area contributed by atoms with Gasteiger partial charge in [0.2, 0.25) is 0 Å². The molecule has 9 nitrogen and oxygen atoms in total. The van der Waals surface area contributed by atoms with Crippen molar-refractivity contribution in [2.24, 2.45) is 16.2 Å². The summed E-state index contributed by atoms with van der Waals surface area (Å²) in [5, 5.41) is 7.35. The van der Waals surface area contributed by atoms with Crippen molar-refractivity contribution in [2.75, 3.05) is 26.7 Å². The predicted octanol–water partition coefficient (Wildman–Crippen LogP) is 11.4. The maximum absolute atomic E-state index is 14.3. The second-order valence-corrected chi connectivity index (χ2v) is 24.4. The number of unbranched alkanes of at least 4 members (excludes halogenated alkanes) is 2. The van der Waals surface area contributed by atoms with Crippen LogP contribution in [0.25, 0.3) is 0 Å². The van der Waals surface area contributed by atoms with Gasteiger partial charge in [-0.1, -0.05) is 86.6 Å². The number of likely N-dealkylation sites (tertiary alicyclic amines) is 1. The first-order valence-electron chi connectivity index (χ1n) is 23.1. The number of ketones is 3. The monoisotopic (exact) mass is 843 g/mol. The lowest BCUT2D eigenvalue weighted by Crippen LogP contribution is -2.61. The van der Waals surface area contributed by atoms with Gasteiger partial charge in [0.25, 0.3) is 0 Å². The summed E-state index contributed by atoms with van der Waals surface area (Å²) in [6.07, 6.45) is 16.5. The van der Waals surface area contributed by atoms with E-state index in [1.165, 1.54) is 0 Å². The molecular formula is C51H94N4O5. The Bertz CT molecular complexity index is 1470. The third kappa shape index (κ3) is 17.4. The quantitative estimate of drug-likeness (QED) is 0.0869. The van der Waals surface area contributed by atoms with Gasteiger partial charge in [0.05, 0.1) is 16.6 Å². The average molecular weight is 843 g/mol. The van der Waals surface area contributed by atoms with E-state index in [9.17, 15) is 19.2 Å². The van der Waals surface area contributed by atoms with Gasteiger partial charge in [-0.05, 0) is 146 Å². The molecule has 1 fully saturated rings. The molecule has 1 aliphatic heterocycles. The molecule has 9 heteroatoms. The zero-order valence-corrected chi connectivity index (χ0v) is 42.6. The highest BCUT2D eigenvalue weighted by molar-refractivity contribution is 5.94. The van der Waals surface area contributed by atoms with E-state index < -0.39 is 39.0 Å². The van der Waals surface area contributed by atoms with Gasteiger partial charge in [0.15, 0.2) is 17.3 Å². The molecule has 1 saturated heterocycles. The van der Waals surface area contributed by atoms with Crippen LogP contribution in [0.1, 0.15) is 202 Å². The van der Waals surface area contributed by atoms with Gasteiger partial charge in [-0.3, -0.25) is 19.3 Å². The Morgan fingerprint density at radius 1 is 0.633 bits per heavy atom. The lowest BCUT2D eigenvalue weighted by atomic mass is 9.72. The average Bonchev–Trinajstić information content (AvgIpc) is 3.51. The fraction of sp³-hybridized carbons (Fsp3) is 0.843. The number of nitrogens with zero attached hydrogens (tertiary/aromatic N) is 2. The Hall–Kier alpha value is -2.36. The number of hydrogen-bond acceptors (Lipinski definition) is 8. The van der Waals surface area contributed by atoms with Crippen LogP contribution in [0.3, 0.4) is 0 Å². The van der Waals surface area contributed by atoms with Crippen LogP contribution in [0.15, 0.2) is 24.3 Å². The van der Waals surface area contributed by atoms with Gasteiger partial charge >= 0.3 is 6.09 Å². The van der Waals surface area contributed by atoms with Crippen molar-refractivity contribution in [3.8, 4) is 0 Å². The Labute approximate surface area is 369 Å². The van der Waals surface area contributed by atoms with Crippen molar-refractivity contribution >= 4 is 23.4 Å². The summed E-state index contributed by atoms with van der Waals surface area (Å²) in [7, 11) is 1.73. The van der Waals surface area contributed by atoms with Gasteiger partial charge in [0.1, 0.15) is 6.61 Å². The second-order valence-electron chi connectivity index (χ2n) is 24.4. The van der Waals surface area contributed by atoms with E-state index in [4.69, 9.17) is 4.74 Å². The van der Waals surface area contributed by atoms with E-state index in [1.54, 1.807) is 11.9 Å². The van der Waals surface area contributed by atoms with Gasteiger partial charge < -0.3 is 20.3 Å². The highest BCUT2D eigenvalue weighted by atomic mass is 16.6. The zero-order chi connectivity index (χ0) is 46.8. The molecule has 0 bridgehead atoms. The zero-order valence-electron chi connectivity index (χ0n) is 42.6. The molecule has 0 aromatic heterocycles. The fourth-order valence-corrected chi connectivity index (χ4v) is 9.57. The van der Waals surface area contributed by atoms with E-state index in [-0.39, 0.29) is 34.8 Å². The molecule has 0 aromatic rings. The van der Waals surface area contributed by atoms with Gasteiger partial charge in [-0.15, -0.1) is 0 Å². The molecule has 1 unspecified atom stereocenters. The van der Waals surface area contributed by atoms with Crippen LogP contribution in [0.5, 0.6) is 0 Å². The molecule has 1 heterocycles. The maximum atomic E-state index is 14.3. The van der Waals surface area contributed by atoms with Crippen molar-refractivity contribution < 1.29 is 23.9 Å². The number of carbonyl (C=O) groups is 4. The molecular weight excluding hydrogens is 749 g/mol. The number of hydrogen-bond donors (Lipinski definition) is 2. The van der Waals surface area contributed by atoms with E-state index in [1.807, 2.05) is 81.4 Å². The van der Waals surface area contributed by atoms with Crippen LogP contribution < -0.4 is 10.6 Å². The minimum atomic E-state index is -0.708. The van der Waals surface area contributed by atoms with Crippen LogP contribution in [-0.4, -0.2) is 93.2 Å². The third-order valence-electron chi connectivity index (χ3n) is 11.5. The minimum absolute atomic E-state index is 0.101. The number of rotatable bonds is 21. The van der Waals surface area contributed by atoms with Gasteiger partial charge in [0, 0.05) is 46.5 Å². The van der Waals surface area contributed by atoms with Crippen molar-refractivity contribution in [1.82, 2.24) is 20.4 Å². The number of nitrogens with one attached hydrogen (secondary N) is 2. The first-order chi connectivity index (χ1) is 26.9. The summed E-state index contributed by atoms with van der Waals surface area (Å²) >= 11 is 0. The fourth-order valence-electron chi connectivity index (χ4n) is 9.57. The van der Waals surface area contributed by atoms with Crippen molar-refractivity contribution in [2.45, 2.75) is 235 Å². The molecule has 0 aliphatic carbocycles. The lowest BCUT2D eigenvalue weighted by Gasteiger charge is -2.47. The molecule has 0 aromatic carbocycles. The Morgan fingerprint density at radius 3 is 1.58 bits per heavy atom. The summed E-state index contributed by atoms with van der Waals surface area (Å²) in [4.78, 5) is 58.6. The van der Waals surface area contributed by atoms with Crippen molar-refractivity contribution in [3.05, 3.63) is 24.3 Å². The SMILES string of the molecule is CN(CCC[C@](C)(NC(C)(C)C)C(=O)C(C)(C)C)C(=O)OC/C=C/CCCC(CCC/C=C/C[C@@]1(C(=O)C(C)(C)C)CCCN1C(C)(C)C)(NC(C)(C)C)C(=O)C(C)(C)C. The Morgan fingerprint density at radius 2 is 1.13 bits per heavy atom. The van der Waals surface area contributed by atoms with E-state index in [0.717, 1.165) is 45.1 Å².